The molecule has 0 radical (unpaired) electrons. The summed E-state index contributed by atoms with van der Waals surface area (Å²) < 4.78 is 14.4. The Kier molecular flexibility index (Phi) is 6.20. The molecule has 0 aliphatic carbocycles. The van der Waals surface area contributed by atoms with Crippen LogP contribution in [0.1, 0.15) is 21.6 Å². The van der Waals surface area contributed by atoms with Crippen LogP contribution in [-0.4, -0.2) is 16.8 Å². The first-order chi connectivity index (χ1) is 13.0. The van der Waals surface area contributed by atoms with Gasteiger partial charge in [-0.2, -0.15) is 0 Å². The summed E-state index contributed by atoms with van der Waals surface area (Å²) in [7, 11) is 0. The van der Waals surface area contributed by atoms with E-state index in [-0.39, 0.29) is 18.1 Å². The van der Waals surface area contributed by atoms with Crippen molar-refractivity contribution in [1.29, 1.82) is 0 Å². The Hall–Kier alpha value is -2.71. The van der Waals surface area contributed by atoms with Crippen LogP contribution in [0, 0.1) is 5.82 Å². The molecule has 1 aromatic heterocycles. The van der Waals surface area contributed by atoms with Crippen LogP contribution in [-0.2, 0) is 17.0 Å². The first kappa shape index (κ1) is 19.1. The van der Waals surface area contributed by atoms with Crippen LogP contribution in [0.15, 0.2) is 58.3 Å². The predicted octanol–water partition coefficient (Wildman–Crippen LogP) is 3.85. The summed E-state index contributed by atoms with van der Waals surface area (Å²) in [6.07, 6.45) is 0.133. The maximum Gasteiger partial charge on any atom is 0.248 e. The van der Waals surface area contributed by atoms with Crippen molar-refractivity contribution in [2.75, 3.05) is 5.32 Å². The van der Waals surface area contributed by atoms with Crippen LogP contribution in [0.5, 0.6) is 0 Å². The topological polar surface area (TPSA) is 85.1 Å². The summed E-state index contributed by atoms with van der Waals surface area (Å²) in [6, 6.07) is 13.0. The van der Waals surface area contributed by atoms with Crippen molar-refractivity contribution < 1.29 is 14.0 Å². The molecule has 5 nitrogen and oxygen atoms in total. The third-order valence-electron chi connectivity index (χ3n) is 3.63. The second-order valence-corrected chi connectivity index (χ2v) is 7.73. The molecule has 0 atom stereocenters. The minimum Gasteiger partial charge on any atom is -0.366 e. The fraction of sp³-hybridized carbons (Fsp3) is 0.105. The lowest BCUT2D eigenvalue weighted by Gasteiger charge is -2.04. The van der Waals surface area contributed by atoms with Crippen molar-refractivity contribution in [2.24, 2.45) is 5.73 Å². The summed E-state index contributed by atoms with van der Waals surface area (Å²) in [5.74, 6) is -0.477. The minimum absolute atomic E-state index is 0.133. The summed E-state index contributed by atoms with van der Waals surface area (Å²) in [5, 5.41) is 4.57. The molecule has 0 spiro atoms. The molecule has 0 fully saturated rings. The molecule has 8 heteroatoms. The second-order valence-electron chi connectivity index (χ2n) is 5.65. The Morgan fingerprint density at radius 3 is 2.59 bits per heavy atom. The average Bonchev–Trinajstić information content (AvgIpc) is 3.08. The number of anilines is 1. The van der Waals surface area contributed by atoms with E-state index in [2.05, 4.69) is 10.3 Å². The number of hydrogen-bond donors (Lipinski definition) is 2. The highest BCUT2D eigenvalue weighted by molar-refractivity contribution is 8.00. The lowest BCUT2D eigenvalue weighted by Crippen LogP contribution is -2.15. The molecule has 0 saturated heterocycles. The molecule has 3 N–H and O–H groups in total. The maximum absolute atomic E-state index is 13.6. The van der Waals surface area contributed by atoms with Gasteiger partial charge in [0.15, 0.2) is 0 Å². The highest BCUT2D eigenvalue weighted by Gasteiger charge is 2.10. The number of hydrogen-bond acceptors (Lipinski definition) is 5. The molecule has 27 heavy (non-hydrogen) atoms. The molecule has 0 bridgehead atoms. The largest absolute Gasteiger partial charge is 0.366 e. The summed E-state index contributed by atoms with van der Waals surface area (Å²) in [4.78, 5) is 27.6. The van der Waals surface area contributed by atoms with E-state index in [0.29, 0.717) is 28.3 Å². The smallest absolute Gasteiger partial charge is 0.248 e. The maximum atomic E-state index is 13.6. The Bertz CT molecular complexity index is 958. The molecule has 1 heterocycles. The average molecular weight is 401 g/mol. The van der Waals surface area contributed by atoms with Gasteiger partial charge in [-0.1, -0.05) is 30.0 Å². The third kappa shape index (κ3) is 5.38. The van der Waals surface area contributed by atoms with Gasteiger partial charge in [-0.25, -0.2) is 9.37 Å². The van der Waals surface area contributed by atoms with Gasteiger partial charge in [-0.15, -0.1) is 11.3 Å². The Balaban J connectivity index is 1.53. The number of thiazole rings is 1. The van der Waals surface area contributed by atoms with E-state index in [1.807, 2.05) is 5.38 Å². The SMILES string of the molecule is NC(=O)c1ccc(NC(=O)Cc2csc(SCc3ccccc3F)n2)cc1. The zero-order valence-corrected chi connectivity index (χ0v) is 15.8. The van der Waals surface area contributed by atoms with Gasteiger partial charge < -0.3 is 11.1 Å². The number of amides is 2. The number of benzene rings is 2. The van der Waals surface area contributed by atoms with Gasteiger partial charge in [0.05, 0.1) is 12.1 Å². The third-order valence-corrected chi connectivity index (χ3v) is 5.75. The van der Waals surface area contributed by atoms with Crippen molar-refractivity contribution in [1.82, 2.24) is 4.98 Å². The fourth-order valence-corrected chi connectivity index (χ4v) is 4.11. The zero-order valence-electron chi connectivity index (χ0n) is 14.1. The van der Waals surface area contributed by atoms with Crippen molar-refractivity contribution in [3.8, 4) is 0 Å². The molecule has 0 unspecified atom stereocenters. The summed E-state index contributed by atoms with van der Waals surface area (Å²) in [5.41, 5.74) is 7.42. The van der Waals surface area contributed by atoms with Crippen LogP contribution < -0.4 is 11.1 Å². The van der Waals surface area contributed by atoms with Gasteiger partial charge in [0.1, 0.15) is 10.2 Å². The Morgan fingerprint density at radius 1 is 1.15 bits per heavy atom. The number of halogens is 1. The Morgan fingerprint density at radius 2 is 1.89 bits per heavy atom. The monoisotopic (exact) mass is 401 g/mol. The number of nitrogens with zero attached hydrogens (tertiary/aromatic N) is 1. The van der Waals surface area contributed by atoms with Crippen molar-refractivity contribution in [3.05, 3.63) is 76.5 Å². The normalized spacial score (nSPS) is 10.6. The molecule has 2 amide bonds. The Labute approximate surface area is 163 Å². The number of carbonyl (C=O) groups excluding carboxylic acids is 2. The molecular formula is C19H16FN3O2S2. The first-order valence-corrected chi connectivity index (χ1v) is 9.88. The van der Waals surface area contributed by atoms with Gasteiger partial charge in [-0.3, -0.25) is 9.59 Å². The fourth-order valence-electron chi connectivity index (χ4n) is 2.28. The van der Waals surface area contributed by atoms with Gasteiger partial charge in [0, 0.05) is 22.4 Å². The molecule has 2 aromatic carbocycles. The van der Waals surface area contributed by atoms with E-state index < -0.39 is 5.91 Å². The van der Waals surface area contributed by atoms with Gasteiger partial charge in [-0.05, 0) is 35.9 Å². The lowest BCUT2D eigenvalue weighted by atomic mass is 10.2. The quantitative estimate of drug-likeness (QED) is 0.589. The molecule has 3 aromatic rings. The van der Waals surface area contributed by atoms with Crippen LogP contribution in [0.2, 0.25) is 0 Å². The number of nitrogens with one attached hydrogen (secondary N) is 1. The van der Waals surface area contributed by atoms with Crippen molar-refractivity contribution in [3.63, 3.8) is 0 Å². The zero-order chi connectivity index (χ0) is 19.2. The summed E-state index contributed by atoms with van der Waals surface area (Å²) in [6.45, 7) is 0. The number of rotatable bonds is 7. The van der Waals surface area contributed by atoms with Gasteiger partial charge in [0.25, 0.3) is 0 Å². The second kappa shape index (κ2) is 8.79. The molecule has 3 rings (SSSR count). The van der Waals surface area contributed by atoms with E-state index in [9.17, 15) is 14.0 Å². The predicted molar refractivity (Wildman–Crippen MR) is 105 cm³/mol. The van der Waals surface area contributed by atoms with Crippen LogP contribution >= 0.6 is 23.1 Å². The van der Waals surface area contributed by atoms with Crippen LogP contribution in [0.3, 0.4) is 0 Å². The molecule has 0 aliphatic rings. The molecule has 0 saturated carbocycles. The number of primary amides is 1. The van der Waals surface area contributed by atoms with E-state index in [1.165, 1.54) is 29.2 Å². The van der Waals surface area contributed by atoms with Gasteiger partial charge in [0.2, 0.25) is 11.8 Å². The van der Waals surface area contributed by atoms with Crippen LogP contribution in [0.25, 0.3) is 0 Å². The first-order valence-electron chi connectivity index (χ1n) is 8.01. The minimum atomic E-state index is -0.518. The number of carbonyl (C=O) groups is 2. The standard InChI is InChI=1S/C19H16FN3O2S2/c20-16-4-2-1-3-13(16)10-26-19-23-15(11-27-19)9-17(24)22-14-7-5-12(6-8-14)18(21)25/h1-8,11H,9-10H2,(H2,21,25)(H,22,24). The number of thioether (sulfide) groups is 1. The van der Waals surface area contributed by atoms with E-state index in [0.717, 1.165) is 4.34 Å². The highest BCUT2D eigenvalue weighted by Crippen LogP contribution is 2.27. The molecular weight excluding hydrogens is 385 g/mol. The number of nitrogens with two attached hydrogens (primary N) is 1. The van der Waals surface area contributed by atoms with Gasteiger partial charge >= 0.3 is 0 Å². The highest BCUT2D eigenvalue weighted by atomic mass is 32.2. The van der Waals surface area contributed by atoms with Crippen LogP contribution in [0.4, 0.5) is 10.1 Å². The summed E-state index contributed by atoms with van der Waals surface area (Å²) >= 11 is 2.86. The lowest BCUT2D eigenvalue weighted by molar-refractivity contribution is -0.115. The van der Waals surface area contributed by atoms with Crippen molar-refractivity contribution >= 4 is 40.6 Å². The van der Waals surface area contributed by atoms with E-state index in [1.54, 1.807) is 42.5 Å². The molecule has 0 aliphatic heterocycles. The number of aromatic nitrogens is 1. The van der Waals surface area contributed by atoms with Crippen molar-refractivity contribution in [2.45, 2.75) is 16.5 Å². The van der Waals surface area contributed by atoms with E-state index in [4.69, 9.17) is 5.73 Å². The molecule has 138 valence electrons. The van der Waals surface area contributed by atoms with E-state index >= 15 is 0 Å².